The minimum atomic E-state index is -0.529. The summed E-state index contributed by atoms with van der Waals surface area (Å²) in [5.74, 6) is 0.823. The molecule has 0 saturated heterocycles. The summed E-state index contributed by atoms with van der Waals surface area (Å²) in [5, 5.41) is 0.701. The monoisotopic (exact) mass is 486 g/mol. The van der Waals surface area contributed by atoms with Gasteiger partial charge in [-0.05, 0) is 54.1 Å². The highest BCUT2D eigenvalue weighted by Crippen LogP contribution is 2.38. The van der Waals surface area contributed by atoms with Gasteiger partial charge in [-0.15, -0.1) is 11.8 Å². The fourth-order valence-corrected chi connectivity index (χ4v) is 3.90. The summed E-state index contributed by atoms with van der Waals surface area (Å²) >= 11 is 7.58. The number of nitrogens with one attached hydrogen (secondary N) is 2. The summed E-state index contributed by atoms with van der Waals surface area (Å²) in [6.45, 7) is 0. The third-order valence-corrected chi connectivity index (χ3v) is 5.99. The Hall–Kier alpha value is -3.36. The number of hydrogen-bond donors (Lipinski definition) is 2. The van der Waals surface area contributed by atoms with Crippen molar-refractivity contribution in [1.29, 1.82) is 0 Å². The molecule has 9 heteroatoms. The molecule has 7 nitrogen and oxygen atoms in total. The smallest absolute Gasteiger partial charge is 0.269 e. The van der Waals surface area contributed by atoms with Crippen LogP contribution in [-0.4, -0.2) is 33.1 Å². The maximum Gasteiger partial charge on any atom is 0.269 e. The summed E-state index contributed by atoms with van der Waals surface area (Å²) in [7, 11) is 4.39. The second kappa shape index (κ2) is 11.5. The molecular weight excluding hydrogens is 464 g/mol. The molecule has 0 heterocycles. The van der Waals surface area contributed by atoms with Gasteiger partial charge in [-0.2, -0.15) is 0 Å². The number of carbonyl (C=O) groups excluding carboxylic acids is 2. The highest BCUT2D eigenvalue weighted by Gasteiger charge is 2.17. The van der Waals surface area contributed by atoms with Gasteiger partial charge in [-0.1, -0.05) is 23.7 Å². The van der Waals surface area contributed by atoms with Crippen LogP contribution in [-0.2, 0) is 5.75 Å². The molecule has 0 atom stereocenters. The zero-order valence-electron chi connectivity index (χ0n) is 18.3. The molecular formula is C24H23ClN2O5S. The molecule has 3 aromatic rings. The van der Waals surface area contributed by atoms with E-state index in [1.165, 1.54) is 33.5 Å². The van der Waals surface area contributed by atoms with Crippen LogP contribution in [0, 0.1) is 0 Å². The van der Waals surface area contributed by atoms with Crippen LogP contribution < -0.4 is 25.1 Å². The van der Waals surface area contributed by atoms with E-state index in [0.29, 0.717) is 27.8 Å². The lowest BCUT2D eigenvalue weighted by molar-refractivity contribution is 0.0846. The number of halogens is 1. The van der Waals surface area contributed by atoms with Crippen molar-refractivity contribution in [3.63, 3.8) is 0 Å². The van der Waals surface area contributed by atoms with Gasteiger partial charge in [-0.3, -0.25) is 20.4 Å². The van der Waals surface area contributed by atoms with Crippen molar-refractivity contribution in [2.45, 2.75) is 10.6 Å². The van der Waals surface area contributed by atoms with Crippen molar-refractivity contribution < 1.29 is 23.8 Å². The third-order valence-electron chi connectivity index (χ3n) is 4.65. The predicted octanol–water partition coefficient (Wildman–Crippen LogP) is 4.73. The number of amides is 2. The Morgan fingerprint density at radius 2 is 1.33 bits per heavy atom. The summed E-state index contributed by atoms with van der Waals surface area (Å²) in [5.41, 5.74) is 6.53. The largest absolute Gasteiger partial charge is 0.493 e. The number of thioether (sulfide) groups is 1. The van der Waals surface area contributed by atoms with Gasteiger partial charge in [0.05, 0.1) is 21.3 Å². The molecule has 2 N–H and O–H groups in total. The maximum absolute atomic E-state index is 12.5. The number of ether oxygens (including phenoxy) is 3. The second-order valence-corrected chi connectivity index (χ2v) is 8.25. The van der Waals surface area contributed by atoms with E-state index in [9.17, 15) is 9.59 Å². The van der Waals surface area contributed by atoms with E-state index >= 15 is 0 Å². The van der Waals surface area contributed by atoms with Crippen molar-refractivity contribution >= 4 is 35.2 Å². The minimum Gasteiger partial charge on any atom is -0.493 e. The predicted molar refractivity (Wildman–Crippen MR) is 128 cm³/mol. The van der Waals surface area contributed by atoms with Gasteiger partial charge in [0.2, 0.25) is 5.75 Å². The maximum atomic E-state index is 12.5. The lowest BCUT2D eigenvalue weighted by atomic mass is 10.1. The van der Waals surface area contributed by atoms with Gasteiger partial charge in [0.1, 0.15) is 0 Å². The van der Waals surface area contributed by atoms with E-state index in [0.717, 1.165) is 16.2 Å². The van der Waals surface area contributed by atoms with E-state index in [1.807, 2.05) is 36.4 Å². The SMILES string of the molecule is COc1cc(C(=O)NNC(=O)c2ccc(CSc3ccc(Cl)cc3)cc2)cc(OC)c1OC. The summed E-state index contributed by atoms with van der Waals surface area (Å²) in [4.78, 5) is 26.1. The summed E-state index contributed by atoms with van der Waals surface area (Å²) in [6.07, 6.45) is 0. The van der Waals surface area contributed by atoms with E-state index in [2.05, 4.69) is 10.9 Å². The second-order valence-electron chi connectivity index (χ2n) is 6.76. The van der Waals surface area contributed by atoms with Crippen molar-refractivity contribution in [2.24, 2.45) is 0 Å². The number of hydrogen-bond acceptors (Lipinski definition) is 6. The van der Waals surface area contributed by atoms with Gasteiger partial charge in [-0.25, -0.2) is 0 Å². The molecule has 0 bridgehead atoms. The molecule has 2 amide bonds. The zero-order valence-corrected chi connectivity index (χ0v) is 19.9. The number of rotatable bonds is 8. The molecule has 3 rings (SSSR count). The fourth-order valence-electron chi connectivity index (χ4n) is 2.92. The number of hydrazine groups is 1. The Balaban J connectivity index is 1.58. The average molecular weight is 487 g/mol. The van der Waals surface area contributed by atoms with Crippen molar-refractivity contribution in [2.75, 3.05) is 21.3 Å². The van der Waals surface area contributed by atoms with E-state index < -0.39 is 11.8 Å². The first kappa shape index (κ1) is 24.3. The molecule has 0 saturated carbocycles. The average Bonchev–Trinajstić information content (AvgIpc) is 2.86. The van der Waals surface area contributed by atoms with Crippen LogP contribution in [0.25, 0.3) is 0 Å². The Morgan fingerprint density at radius 1 is 0.788 bits per heavy atom. The first-order valence-electron chi connectivity index (χ1n) is 9.83. The van der Waals surface area contributed by atoms with Crippen LogP contribution in [0.3, 0.4) is 0 Å². The molecule has 0 aliphatic carbocycles. The van der Waals surface area contributed by atoms with Crippen molar-refractivity contribution in [3.05, 3.63) is 82.4 Å². The Morgan fingerprint density at radius 3 is 1.85 bits per heavy atom. The highest BCUT2D eigenvalue weighted by atomic mass is 35.5. The minimum absolute atomic E-state index is 0.236. The first-order valence-corrected chi connectivity index (χ1v) is 11.2. The Labute approximate surface area is 201 Å². The van der Waals surface area contributed by atoms with Crippen LogP contribution in [0.5, 0.6) is 17.2 Å². The molecule has 0 aromatic heterocycles. The molecule has 0 spiro atoms. The molecule has 0 radical (unpaired) electrons. The summed E-state index contributed by atoms with van der Waals surface area (Å²) in [6, 6.07) is 17.8. The molecule has 3 aromatic carbocycles. The Bertz CT molecular complexity index is 1100. The van der Waals surface area contributed by atoms with Gasteiger partial charge in [0, 0.05) is 26.8 Å². The molecule has 0 aliphatic heterocycles. The van der Waals surface area contributed by atoms with E-state index in [4.69, 9.17) is 25.8 Å². The third kappa shape index (κ3) is 6.34. The van der Waals surface area contributed by atoms with E-state index in [-0.39, 0.29) is 5.56 Å². The van der Waals surface area contributed by atoms with Crippen LogP contribution in [0.2, 0.25) is 5.02 Å². The Kier molecular flexibility index (Phi) is 8.46. The molecule has 172 valence electrons. The van der Waals surface area contributed by atoms with Gasteiger partial charge >= 0.3 is 0 Å². The quantitative estimate of drug-likeness (QED) is 0.353. The molecule has 0 fully saturated rings. The van der Waals surface area contributed by atoms with Gasteiger partial charge in [0.15, 0.2) is 11.5 Å². The van der Waals surface area contributed by atoms with Crippen LogP contribution in [0.4, 0.5) is 0 Å². The van der Waals surface area contributed by atoms with Crippen LogP contribution in [0.1, 0.15) is 26.3 Å². The molecule has 0 aliphatic rings. The summed E-state index contributed by atoms with van der Waals surface area (Å²) < 4.78 is 15.7. The standard InChI is InChI=1S/C24H23ClN2O5S/c1-30-20-12-17(13-21(31-2)22(20)32-3)24(29)27-26-23(28)16-6-4-15(5-7-16)14-33-19-10-8-18(25)9-11-19/h4-13H,14H2,1-3H3,(H,26,28)(H,27,29). The van der Waals surface area contributed by atoms with Crippen molar-refractivity contribution in [1.82, 2.24) is 10.9 Å². The number of methoxy groups -OCH3 is 3. The van der Waals surface area contributed by atoms with Gasteiger partial charge < -0.3 is 14.2 Å². The molecule has 33 heavy (non-hydrogen) atoms. The normalized spacial score (nSPS) is 10.3. The number of benzene rings is 3. The lowest BCUT2D eigenvalue weighted by Gasteiger charge is -2.14. The first-order chi connectivity index (χ1) is 15.9. The zero-order chi connectivity index (χ0) is 23.8. The van der Waals surface area contributed by atoms with Crippen molar-refractivity contribution in [3.8, 4) is 17.2 Å². The van der Waals surface area contributed by atoms with E-state index in [1.54, 1.807) is 23.9 Å². The number of carbonyl (C=O) groups is 2. The topological polar surface area (TPSA) is 85.9 Å². The van der Waals surface area contributed by atoms with Crippen LogP contribution >= 0.6 is 23.4 Å². The fraction of sp³-hybridized carbons (Fsp3) is 0.167. The lowest BCUT2D eigenvalue weighted by Crippen LogP contribution is -2.41. The molecule has 0 unspecified atom stereocenters. The van der Waals surface area contributed by atoms with Gasteiger partial charge in [0.25, 0.3) is 11.8 Å². The highest BCUT2D eigenvalue weighted by molar-refractivity contribution is 7.98. The van der Waals surface area contributed by atoms with Crippen LogP contribution in [0.15, 0.2) is 65.6 Å².